The van der Waals surface area contributed by atoms with Crippen LogP contribution in [-0.2, 0) is 6.54 Å². The first-order chi connectivity index (χ1) is 18.1. The van der Waals surface area contributed by atoms with Crippen molar-refractivity contribution in [3.63, 3.8) is 0 Å². The summed E-state index contributed by atoms with van der Waals surface area (Å²) in [5.41, 5.74) is 1.29. The van der Waals surface area contributed by atoms with Crippen molar-refractivity contribution in [3.05, 3.63) is 47.8 Å². The number of aromatic nitrogens is 2. The first-order valence-corrected chi connectivity index (χ1v) is 14.5. The van der Waals surface area contributed by atoms with Gasteiger partial charge >= 0.3 is 0 Å². The second-order valence-electron chi connectivity index (χ2n) is 10.6. The Bertz CT molecular complexity index is 1020. The highest BCUT2D eigenvalue weighted by atomic mass is 16.5. The van der Waals surface area contributed by atoms with Gasteiger partial charge in [0, 0.05) is 32.4 Å². The minimum atomic E-state index is -0.137. The van der Waals surface area contributed by atoms with E-state index in [-0.39, 0.29) is 24.0 Å². The van der Waals surface area contributed by atoms with Crippen LogP contribution in [0.15, 0.2) is 36.7 Å². The van der Waals surface area contributed by atoms with Gasteiger partial charge in [0.2, 0.25) is 0 Å². The summed E-state index contributed by atoms with van der Waals surface area (Å²) in [5, 5.41) is 4.42. The number of hydrogen-bond acceptors (Lipinski definition) is 4. The van der Waals surface area contributed by atoms with E-state index in [4.69, 9.17) is 4.74 Å². The van der Waals surface area contributed by atoms with Crippen LogP contribution in [-0.4, -0.2) is 63.2 Å². The largest absolute Gasteiger partial charge is 0.487 e. The van der Waals surface area contributed by atoms with Gasteiger partial charge in [-0.25, -0.2) is 0 Å². The van der Waals surface area contributed by atoms with Gasteiger partial charge in [-0.1, -0.05) is 51.7 Å². The fourth-order valence-corrected chi connectivity index (χ4v) is 5.76. The van der Waals surface area contributed by atoms with Crippen molar-refractivity contribution in [1.29, 1.82) is 0 Å². The smallest absolute Gasteiger partial charge is 0.257 e. The third-order valence-corrected chi connectivity index (χ3v) is 7.67. The van der Waals surface area contributed by atoms with E-state index in [2.05, 4.69) is 23.8 Å². The number of carbonyl (C=O) groups excluding carboxylic acids is 2. The predicted octanol–water partition coefficient (Wildman–Crippen LogP) is 5.94. The number of aryl methyl sites for hydroxylation is 1. The van der Waals surface area contributed by atoms with Gasteiger partial charge in [0.05, 0.1) is 23.4 Å². The van der Waals surface area contributed by atoms with Crippen LogP contribution in [0.3, 0.4) is 0 Å². The second-order valence-corrected chi connectivity index (χ2v) is 10.6. The molecule has 1 fully saturated rings. The molecule has 37 heavy (non-hydrogen) atoms. The molecule has 2 amide bonds. The third kappa shape index (κ3) is 6.93. The molecule has 2 heterocycles. The van der Waals surface area contributed by atoms with E-state index in [1.165, 1.54) is 0 Å². The average Bonchev–Trinajstić information content (AvgIpc) is 3.38. The zero-order valence-corrected chi connectivity index (χ0v) is 22.7. The number of para-hydroxylation sites is 1. The number of amides is 2. The summed E-state index contributed by atoms with van der Waals surface area (Å²) >= 11 is 0. The van der Waals surface area contributed by atoms with E-state index in [1.54, 1.807) is 6.20 Å². The van der Waals surface area contributed by atoms with Crippen molar-refractivity contribution in [2.75, 3.05) is 19.6 Å². The van der Waals surface area contributed by atoms with Crippen LogP contribution in [0.5, 0.6) is 5.75 Å². The standard InChI is InChI=1S/C30H44N4O3/c1-3-18-32-20-12-6-5-7-13-21-34(29(35)24-22-31-33(23-24)19-4-2)26-15-9-11-17-28(26)37-27-16-10-8-14-25(27)30(32)36/h8,10,14,16,22-23,26,28H,3-7,9,11-13,15,17-21H2,1-2H3/t26-,28+/m1/s1. The number of nitrogens with zero attached hydrogens (tertiary/aromatic N) is 4. The van der Waals surface area contributed by atoms with Crippen LogP contribution in [0.25, 0.3) is 0 Å². The number of ether oxygens (including phenoxy) is 1. The van der Waals surface area contributed by atoms with Crippen molar-refractivity contribution in [3.8, 4) is 5.75 Å². The molecule has 1 aromatic carbocycles. The minimum absolute atomic E-state index is 0.0178. The molecule has 1 aromatic heterocycles. The van der Waals surface area contributed by atoms with Gasteiger partial charge in [-0.2, -0.15) is 5.10 Å². The Morgan fingerprint density at radius 2 is 1.68 bits per heavy atom. The van der Waals surface area contributed by atoms with Crippen molar-refractivity contribution >= 4 is 11.8 Å². The van der Waals surface area contributed by atoms with Gasteiger partial charge in [0.25, 0.3) is 11.8 Å². The van der Waals surface area contributed by atoms with Gasteiger partial charge in [-0.05, 0) is 57.1 Å². The molecule has 202 valence electrons. The normalized spacial score (nSPS) is 21.8. The minimum Gasteiger partial charge on any atom is -0.487 e. The molecule has 1 saturated carbocycles. The molecular formula is C30H44N4O3. The highest BCUT2D eigenvalue weighted by Crippen LogP contribution is 2.31. The maximum absolute atomic E-state index is 13.8. The zero-order chi connectivity index (χ0) is 26.0. The van der Waals surface area contributed by atoms with Crippen molar-refractivity contribution in [1.82, 2.24) is 19.6 Å². The van der Waals surface area contributed by atoms with Gasteiger partial charge in [-0.15, -0.1) is 0 Å². The molecule has 2 aliphatic rings. The van der Waals surface area contributed by atoms with Crippen molar-refractivity contribution < 1.29 is 14.3 Å². The van der Waals surface area contributed by atoms with Gasteiger partial charge in [0.15, 0.2) is 0 Å². The maximum atomic E-state index is 13.8. The summed E-state index contributed by atoms with van der Waals surface area (Å²) in [6, 6.07) is 7.65. The van der Waals surface area contributed by atoms with Gasteiger partial charge in [0.1, 0.15) is 11.9 Å². The molecule has 1 aliphatic carbocycles. The first-order valence-electron chi connectivity index (χ1n) is 14.5. The fraction of sp³-hybridized carbons (Fsp3) is 0.633. The molecule has 0 N–H and O–H groups in total. The molecule has 0 unspecified atom stereocenters. The number of hydrogen-bond donors (Lipinski definition) is 0. The quantitative estimate of drug-likeness (QED) is 0.501. The molecule has 2 atom stereocenters. The van der Waals surface area contributed by atoms with E-state index in [0.29, 0.717) is 16.9 Å². The van der Waals surface area contributed by atoms with Crippen LogP contribution in [0.4, 0.5) is 0 Å². The summed E-state index contributed by atoms with van der Waals surface area (Å²) in [4.78, 5) is 31.5. The molecule has 0 bridgehead atoms. The summed E-state index contributed by atoms with van der Waals surface area (Å²) < 4.78 is 8.53. The van der Waals surface area contributed by atoms with Crippen LogP contribution in [0.2, 0.25) is 0 Å². The molecular weight excluding hydrogens is 464 g/mol. The summed E-state index contributed by atoms with van der Waals surface area (Å²) in [6.07, 6.45) is 14.6. The number of benzene rings is 1. The lowest BCUT2D eigenvalue weighted by Crippen LogP contribution is -2.51. The van der Waals surface area contributed by atoms with Crippen molar-refractivity contribution in [2.45, 2.75) is 103 Å². The van der Waals surface area contributed by atoms with E-state index >= 15 is 0 Å². The van der Waals surface area contributed by atoms with Gasteiger partial charge < -0.3 is 14.5 Å². The topological polar surface area (TPSA) is 67.7 Å². The molecule has 7 nitrogen and oxygen atoms in total. The number of rotatable bonds is 5. The Labute approximate surface area is 222 Å². The molecule has 0 saturated heterocycles. The van der Waals surface area contributed by atoms with Crippen molar-refractivity contribution in [2.24, 2.45) is 0 Å². The Morgan fingerprint density at radius 1 is 0.946 bits per heavy atom. The Hall–Kier alpha value is -2.83. The zero-order valence-electron chi connectivity index (χ0n) is 22.7. The lowest BCUT2D eigenvalue weighted by molar-refractivity contribution is 0.0270. The van der Waals surface area contributed by atoms with E-state index in [0.717, 1.165) is 96.8 Å². The average molecular weight is 509 g/mol. The summed E-state index contributed by atoms with van der Waals surface area (Å²) in [6.45, 7) is 7.30. The first kappa shape index (κ1) is 27.2. The summed E-state index contributed by atoms with van der Waals surface area (Å²) in [7, 11) is 0. The maximum Gasteiger partial charge on any atom is 0.257 e. The molecule has 1 aliphatic heterocycles. The van der Waals surface area contributed by atoms with Crippen LogP contribution in [0.1, 0.15) is 105 Å². The van der Waals surface area contributed by atoms with Crippen LogP contribution < -0.4 is 4.74 Å². The number of fused-ring (bicyclic) bond motifs is 2. The van der Waals surface area contributed by atoms with Crippen LogP contribution >= 0.6 is 0 Å². The van der Waals surface area contributed by atoms with E-state index < -0.39 is 0 Å². The molecule has 4 rings (SSSR count). The van der Waals surface area contributed by atoms with Crippen LogP contribution in [0, 0.1) is 0 Å². The Kier molecular flexibility index (Phi) is 10.0. The predicted molar refractivity (Wildman–Crippen MR) is 146 cm³/mol. The second kappa shape index (κ2) is 13.6. The van der Waals surface area contributed by atoms with E-state index in [1.807, 2.05) is 40.0 Å². The lowest BCUT2D eigenvalue weighted by Gasteiger charge is -2.40. The SMILES string of the molecule is CCCN1CCCCCCCN(C(=O)c2cnn(CCC)c2)[C@@H]2CCCC[C@@H]2Oc2ccccc2C1=O. The monoisotopic (exact) mass is 508 g/mol. The lowest BCUT2D eigenvalue weighted by atomic mass is 9.90. The number of carbonyl (C=O) groups is 2. The fourth-order valence-electron chi connectivity index (χ4n) is 5.76. The Morgan fingerprint density at radius 3 is 2.49 bits per heavy atom. The highest BCUT2D eigenvalue weighted by molar-refractivity contribution is 5.97. The molecule has 0 radical (unpaired) electrons. The van der Waals surface area contributed by atoms with E-state index in [9.17, 15) is 9.59 Å². The highest BCUT2D eigenvalue weighted by Gasteiger charge is 2.36. The molecule has 0 spiro atoms. The van der Waals surface area contributed by atoms with Gasteiger partial charge in [-0.3, -0.25) is 14.3 Å². The molecule has 7 heteroatoms. The molecule has 2 aromatic rings. The Balaban J connectivity index is 1.64. The summed E-state index contributed by atoms with van der Waals surface area (Å²) in [5.74, 6) is 0.741. The third-order valence-electron chi connectivity index (χ3n) is 7.67.